The average molecular weight is 508 g/mol. The highest BCUT2D eigenvalue weighted by atomic mass is 35.5. The van der Waals surface area contributed by atoms with Crippen molar-refractivity contribution >= 4 is 46.2 Å². The lowest BCUT2D eigenvalue weighted by atomic mass is 9.88. The summed E-state index contributed by atoms with van der Waals surface area (Å²) >= 11 is 7.86. The minimum Gasteiger partial charge on any atom is -0.339 e. The van der Waals surface area contributed by atoms with E-state index in [9.17, 15) is 9.59 Å². The van der Waals surface area contributed by atoms with Gasteiger partial charge < -0.3 is 10.2 Å². The molecule has 182 valence electrons. The van der Waals surface area contributed by atoms with Crippen LogP contribution in [0.25, 0.3) is 5.57 Å². The van der Waals surface area contributed by atoms with Crippen molar-refractivity contribution in [1.29, 1.82) is 0 Å². The summed E-state index contributed by atoms with van der Waals surface area (Å²) in [5.41, 5.74) is 5.88. The molecule has 5 nitrogen and oxygen atoms in total. The van der Waals surface area contributed by atoms with Gasteiger partial charge >= 0.3 is 0 Å². The monoisotopic (exact) mass is 507 g/mol. The smallest absolute Gasteiger partial charge is 0.282 e. The maximum absolute atomic E-state index is 12.8. The lowest BCUT2D eigenvalue weighted by Gasteiger charge is -2.23. The lowest BCUT2D eigenvalue weighted by molar-refractivity contribution is 0.0772. The molecule has 1 N–H and O–H groups in total. The molecule has 0 saturated carbocycles. The van der Waals surface area contributed by atoms with Crippen LogP contribution in [0, 0.1) is 0 Å². The number of carbonyl (C=O) groups excluding carboxylic acids is 2. The summed E-state index contributed by atoms with van der Waals surface area (Å²) in [5, 5.41) is 5.29. The number of amides is 2. The van der Waals surface area contributed by atoms with Gasteiger partial charge in [-0.3, -0.25) is 9.59 Å². The summed E-state index contributed by atoms with van der Waals surface area (Å²) in [6.45, 7) is 7.21. The quantitative estimate of drug-likeness (QED) is 0.386. The van der Waals surface area contributed by atoms with Gasteiger partial charge in [-0.1, -0.05) is 35.9 Å². The van der Waals surface area contributed by atoms with E-state index in [2.05, 4.69) is 11.4 Å². The molecule has 0 spiro atoms. The Bertz CT molecular complexity index is 1190. The Morgan fingerprint density at radius 3 is 2.20 bits per heavy atom. The van der Waals surface area contributed by atoms with Gasteiger partial charge in [0.05, 0.1) is 10.6 Å². The van der Waals surface area contributed by atoms with Gasteiger partial charge in [0.25, 0.3) is 11.8 Å². The normalized spacial score (nSPS) is 13.4. The van der Waals surface area contributed by atoms with Gasteiger partial charge in [0.1, 0.15) is 0 Å². The fraction of sp³-hybridized carbons (Fsp3) is 0.286. The van der Waals surface area contributed by atoms with E-state index in [0.29, 0.717) is 29.2 Å². The van der Waals surface area contributed by atoms with Crippen molar-refractivity contribution in [3.63, 3.8) is 0 Å². The third-order valence-corrected chi connectivity index (χ3v) is 7.51. The number of anilines is 1. The molecule has 0 aliphatic carbocycles. The maximum Gasteiger partial charge on any atom is 0.282 e. The molecule has 0 atom stereocenters. The van der Waals surface area contributed by atoms with E-state index in [-0.39, 0.29) is 11.8 Å². The number of rotatable bonds is 7. The number of hydrogen-bond donors (Lipinski definition) is 1. The van der Waals surface area contributed by atoms with Gasteiger partial charge in [-0.05, 0) is 92.2 Å². The first-order chi connectivity index (χ1) is 17.0. The zero-order valence-electron chi connectivity index (χ0n) is 20.1. The minimum absolute atomic E-state index is 0.0458. The Hall–Kier alpha value is -2.93. The molecule has 1 fully saturated rings. The van der Waals surface area contributed by atoms with Crippen molar-refractivity contribution in [2.24, 2.45) is 0 Å². The second-order valence-corrected chi connectivity index (χ2v) is 9.68. The van der Waals surface area contributed by atoms with Gasteiger partial charge in [-0.25, -0.2) is 4.42 Å². The van der Waals surface area contributed by atoms with E-state index < -0.39 is 0 Å². The number of piperidine rings is 1. The first kappa shape index (κ1) is 25.2. The van der Waals surface area contributed by atoms with E-state index in [0.717, 1.165) is 42.6 Å². The highest BCUT2D eigenvalue weighted by molar-refractivity contribution is 7.12. The zero-order valence-corrected chi connectivity index (χ0v) is 21.7. The number of nitrogens with zero attached hydrogens (tertiary/aromatic N) is 2. The molecule has 4 rings (SSSR count). The van der Waals surface area contributed by atoms with E-state index in [1.807, 2.05) is 72.7 Å². The number of benzene rings is 2. The van der Waals surface area contributed by atoms with Crippen LogP contribution in [0.1, 0.15) is 57.8 Å². The standard InChI is InChI=1S/C28H30ClN3O2S/c1-3-31(4-2)27(33)22-12-10-20(11-13-22)26(21-14-16-30-17-15-21)23-7-5-8-24(19-23)32(29)28(34)25-9-6-18-35-25/h5-13,18-19,30H,3-4,14-17H2,1-2H3. The largest absolute Gasteiger partial charge is 0.339 e. The molecule has 0 bridgehead atoms. The van der Waals surface area contributed by atoms with Gasteiger partial charge in [-0.15, -0.1) is 11.3 Å². The predicted octanol–water partition coefficient (Wildman–Crippen LogP) is 6.22. The summed E-state index contributed by atoms with van der Waals surface area (Å²) in [6.07, 6.45) is 1.89. The molecular formula is C28H30ClN3O2S. The number of carbonyl (C=O) groups is 2. The Morgan fingerprint density at radius 2 is 1.57 bits per heavy atom. The van der Waals surface area contributed by atoms with Crippen molar-refractivity contribution < 1.29 is 9.59 Å². The van der Waals surface area contributed by atoms with Crippen LogP contribution in [0.5, 0.6) is 0 Å². The number of thiophene rings is 1. The highest BCUT2D eigenvalue weighted by Gasteiger charge is 2.20. The molecule has 2 heterocycles. The molecule has 0 unspecified atom stereocenters. The molecule has 3 aromatic rings. The Labute approximate surface area is 216 Å². The Kier molecular flexibility index (Phi) is 8.39. The molecule has 2 aromatic carbocycles. The summed E-state index contributed by atoms with van der Waals surface area (Å²) in [4.78, 5) is 28.0. The summed E-state index contributed by atoms with van der Waals surface area (Å²) < 4.78 is 1.19. The number of nitrogens with one attached hydrogen (secondary N) is 1. The van der Waals surface area contributed by atoms with Crippen LogP contribution in [-0.4, -0.2) is 42.9 Å². The summed E-state index contributed by atoms with van der Waals surface area (Å²) in [7, 11) is 0. The van der Waals surface area contributed by atoms with Gasteiger partial charge in [0.2, 0.25) is 0 Å². The topological polar surface area (TPSA) is 52.7 Å². The molecule has 7 heteroatoms. The van der Waals surface area contributed by atoms with Crippen LogP contribution >= 0.6 is 23.1 Å². The van der Waals surface area contributed by atoms with Crippen molar-refractivity contribution in [2.45, 2.75) is 26.7 Å². The molecular weight excluding hydrogens is 478 g/mol. The third kappa shape index (κ3) is 5.67. The molecule has 1 aliphatic heterocycles. The zero-order chi connectivity index (χ0) is 24.8. The molecule has 1 aliphatic rings. The first-order valence-electron chi connectivity index (χ1n) is 12.0. The van der Waals surface area contributed by atoms with Crippen LogP contribution < -0.4 is 9.74 Å². The Morgan fingerprint density at radius 1 is 0.886 bits per heavy atom. The van der Waals surface area contributed by atoms with Crippen molar-refractivity contribution in [3.8, 4) is 0 Å². The molecule has 1 saturated heterocycles. The second-order valence-electron chi connectivity index (χ2n) is 8.40. The van der Waals surface area contributed by atoms with Gasteiger partial charge in [-0.2, -0.15) is 0 Å². The fourth-order valence-electron chi connectivity index (χ4n) is 4.42. The number of hydrogen-bond acceptors (Lipinski definition) is 4. The van der Waals surface area contributed by atoms with Crippen LogP contribution in [0.15, 0.2) is 71.6 Å². The molecule has 2 amide bonds. The van der Waals surface area contributed by atoms with E-state index in [4.69, 9.17) is 11.8 Å². The molecule has 1 aromatic heterocycles. The van der Waals surface area contributed by atoms with Crippen LogP contribution in [-0.2, 0) is 0 Å². The van der Waals surface area contributed by atoms with Crippen molar-refractivity contribution in [2.75, 3.05) is 30.6 Å². The fourth-order valence-corrected chi connectivity index (χ4v) is 5.32. The van der Waals surface area contributed by atoms with Gasteiger partial charge in [0, 0.05) is 30.4 Å². The van der Waals surface area contributed by atoms with Crippen LogP contribution in [0.4, 0.5) is 5.69 Å². The molecule has 0 radical (unpaired) electrons. The minimum atomic E-state index is -0.242. The SMILES string of the molecule is CCN(CC)C(=O)c1ccc(C(=C2CCNCC2)c2cccc(N(Cl)C(=O)c3cccs3)c2)cc1. The van der Waals surface area contributed by atoms with Crippen molar-refractivity contribution in [1.82, 2.24) is 10.2 Å². The van der Waals surface area contributed by atoms with E-state index in [1.54, 1.807) is 6.07 Å². The Balaban J connectivity index is 1.70. The highest BCUT2D eigenvalue weighted by Crippen LogP contribution is 2.34. The van der Waals surface area contributed by atoms with E-state index >= 15 is 0 Å². The second kappa shape index (κ2) is 11.7. The van der Waals surface area contributed by atoms with Crippen LogP contribution in [0.2, 0.25) is 0 Å². The lowest BCUT2D eigenvalue weighted by Crippen LogP contribution is -2.30. The summed E-state index contributed by atoms with van der Waals surface area (Å²) in [5.74, 6) is -0.196. The average Bonchev–Trinajstić information content (AvgIpc) is 3.45. The van der Waals surface area contributed by atoms with E-state index in [1.165, 1.54) is 21.3 Å². The van der Waals surface area contributed by atoms with Gasteiger partial charge in [0.15, 0.2) is 0 Å². The predicted molar refractivity (Wildman–Crippen MR) is 145 cm³/mol. The maximum atomic E-state index is 12.8. The van der Waals surface area contributed by atoms with Crippen molar-refractivity contribution in [3.05, 3.63) is 93.2 Å². The summed E-state index contributed by atoms with van der Waals surface area (Å²) in [6, 6.07) is 19.3. The van der Waals surface area contributed by atoms with Crippen LogP contribution in [0.3, 0.4) is 0 Å². The molecule has 35 heavy (non-hydrogen) atoms. The third-order valence-electron chi connectivity index (χ3n) is 6.30. The first-order valence-corrected chi connectivity index (χ1v) is 13.2. The number of halogens is 1.